The van der Waals surface area contributed by atoms with E-state index in [1.165, 1.54) is 11.8 Å². The molecule has 1 aliphatic heterocycles. The Morgan fingerprint density at radius 1 is 1.54 bits per heavy atom. The van der Waals surface area contributed by atoms with Gasteiger partial charge < -0.3 is 5.32 Å². The van der Waals surface area contributed by atoms with Crippen molar-refractivity contribution in [3.05, 3.63) is 27.3 Å². The number of hydrogen-bond donors (Lipinski definition) is 1. The maximum absolute atomic E-state index is 11.2. The number of carbonyl (C=O) groups is 1. The highest BCUT2D eigenvalue weighted by molar-refractivity contribution is 8.26. The van der Waals surface area contributed by atoms with E-state index in [4.69, 9.17) is 12.2 Å². The van der Waals surface area contributed by atoms with E-state index in [1.54, 1.807) is 11.3 Å². The lowest BCUT2D eigenvalue weighted by atomic mass is 10.4. The highest BCUT2D eigenvalue weighted by atomic mass is 32.2. The van der Waals surface area contributed by atoms with Gasteiger partial charge >= 0.3 is 0 Å². The molecule has 2 nitrogen and oxygen atoms in total. The predicted molar refractivity (Wildman–Crippen MR) is 60.6 cm³/mol. The average Bonchev–Trinajstić information content (AvgIpc) is 2.63. The zero-order valence-corrected chi connectivity index (χ0v) is 8.89. The Labute approximate surface area is 89.0 Å². The van der Waals surface area contributed by atoms with Crippen LogP contribution in [0.2, 0.25) is 0 Å². The summed E-state index contributed by atoms with van der Waals surface area (Å²) in [7, 11) is 0. The summed E-state index contributed by atoms with van der Waals surface area (Å²) in [6.07, 6.45) is 1.85. The topological polar surface area (TPSA) is 29.1 Å². The monoisotopic (exact) mass is 227 g/mol. The molecule has 13 heavy (non-hydrogen) atoms. The second-order valence-corrected chi connectivity index (χ2v) is 5.07. The maximum atomic E-state index is 11.2. The molecule has 0 spiro atoms. The molecule has 2 rings (SSSR count). The minimum atomic E-state index is -0.0941. The molecular weight excluding hydrogens is 222 g/mol. The van der Waals surface area contributed by atoms with Gasteiger partial charge in [-0.05, 0) is 17.5 Å². The third-order valence-corrected chi connectivity index (χ3v) is 3.44. The van der Waals surface area contributed by atoms with Gasteiger partial charge in [-0.2, -0.15) is 0 Å². The zero-order chi connectivity index (χ0) is 9.26. The first kappa shape index (κ1) is 8.93. The van der Waals surface area contributed by atoms with E-state index >= 15 is 0 Å². The summed E-state index contributed by atoms with van der Waals surface area (Å²) in [4.78, 5) is 13.0. The van der Waals surface area contributed by atoms with E-state index in [0.717, 1.165) is 4.88 Å². The fourth-order valence-electron chi connectivity index (χ4n) is 0.924. The van der Waals surface area contributed by atoms with Crippen molar-refractivity contribution in [3.8, 4) is 0 Å². The van der Waals surface area contributed by atoms with Crippen molar-refractivity contribution < 1.29 is 4.79 Å². The molecule has 0 bridgehead atoms. The van der Waals surface area contributed by atoms with Crippen LogP contribution in [0, 0.1) is 0 Å². The van der Waals surface area contributed by atoms with Crippen molar-refractivity contribution >= 4 is 51.6 Å². The second-order valence-electron chi connectivity index (χ2n) is 2.37. The highest BCUT2D eigenvalue weighted by Crippen LogP contribution is 2.26. The van der Waals surface area contributed by atoms with E-state index in [9.17, 15) is 4.79 Å². The molecule has 1 aromatic rings. The number of nitrogens with one attached hydrogen (secondary N) is 1. The first-order valence-electron chi connectivity index (χ1n) is 3.54. The third kappa shape index (κ3) is 1.99. The van der Waals surface area contributed by atoms with Crippen LogP contribution in [-0.2, 0) is 4.79 Å². The van der Waals surface area contributed by atoms with Gasteiger partial charge in [0.2, 0.25) is 0 Å². The molecule has 0 unspecified atom stereocenters. The number of rotatable bonds is 1. The number of hydrogen-bond acceptors (Lipinski definition) is 4. The Morgan fingerprint density at radius 3 is 2.92 bits per heavy atom. The van der Waals surface area contributed by atoms with Crippen LogP contribution in [0.3, 0.4) is 0 Å². The normalized spacial score (nSPS) is 19.5. The molecule has 0 saturated carbocycles. The molecule has 1 aliphatic rings. The van der Waals surface area contributed by atoms with Gasteiger partial charge in [0.05, 0.1) is 4.91 Å². The Hall–Kier alpha value is -0.650. The summed E-state index contributed by atoms with van der Waals surface area (Å²) in [6, 6.07) is 3.92. The SMILES string of the molecule is O=C1NC(=S)SC1=Cc1cccs1. The Bertz CT molecular complexity index is 380. The molecule has 1 amide bonds. The van der Waals surface area contributed by atoms with Crippen molar-refractivity contribution in [2.24, 2.45) is 0 Å². The van der Waals surface area contributed by atoms with Crippen LogP contribution < -0.4 is 5.32 Å². The van der Waals surface area contributed by atoms with E-state index < -0.39 is 0 Å². The van der Waals surface area contributed by atoms with Crippen molar-refractivity contribution in [1.82, 2.24) is 5.32 Å². The maximum Gasteiger partial charge on any atom is 0.263 e. The number of thiophene rings is 1. The standard InChI is InChI=1S/C8H5NOS3/c10-7-6(13-8(11)9-7)4-5-2-1-3-12-5/h1-4H,(H,9,10,11). The molecule has 1 saturated heterocycles. The molecule has 1 fully saturated rings. The third-order valence-electron chi connectivity index (χ3n) is 1.46. The van der Waals surface area contributed by atoms with Crippen LogP contribution in [0.4, 0.5) is 0 Å². The fraction of sp³-hybridized carbons (Fsp3) is 0. The van der Waals surface area contributed by atoms with Crippen LogP contribution in [-0.4, -0.2) is 10.2 Å². The number of carbonyl (C=O) groups excluding carboxylic acids is 1. The summed E-state index contributed by atoms with van der Waals surface area (Å²) in [5.41, 5.74) is 0. The number of thiocarbonyl (C=S) groups is 1. The van der Waals surface area contributed by atoms with Crippen molar-refractivity contribution in [2.75, 3.05) is 0 Å². The highest BCUT2D eigenvalue weighted by Gasteiger charge is 2.21. The van der Waals surface area contributed by atoms with Crippen LogP contribution >= 0.6 is 35.3 Å². The van der Waals surface area contributed by atoms with Gasteiger partial charge in [-0.25, -0.2) is 0 Å². The summed E-state index contributed by atoms with van der Waals surface area (Å²) < 4.78 is 0.535. The molecule has 66 valence electrons. The van der Waals surface area contributed by atoms with Gasteiger partial charge in [0.25, 0.3) is 5.91 Å². The van der Waals surface area contributed by atoms with Gasteiger partial charge in [-0.15, -0.1) is 11.3 Å². The minimum Gasteiger partial charge on any atom is -0.307 e. The Balaban J connectivity index is 2.27. The largest absolute Gasteiger partial charge is 0.307 e. The van der Waals surface area contributed by atoms with Gasteiger partial charge in [0.1, 0.15) is 4.32 Å². The number of amides is 1. The smallest absolute Gasteiger partial charge is 0.263 e. The molecule has 0 atom stereocenters. The lowest BCUT2D eigenvalue weighted by Gasteiger charge is -1.87. The molecule has 1 aromatic heterocycles. The van der Waals surface area contributed by atoms with E-state index in [0.29, 0.717) is 9.23 Å². The van der Waals surface area contributed by atoms with Crippen molar-refractivity contribution in [2.45, 2.75) is 0 Å². The molecule has 1 N–H and O–H groups in total. The Morgan fingerprint density at radius 2 is 2.38 bits per heavy atom. The van der Waals surface area contributed by atoms with Crippen molar-refractivity contribution in [3.63, 3.8) is 0 Å². The molecule has 0 aliphatic carbocycles. The fourth-order valence-corrected chi connectivity index (χ4v) is 2.69. The summed E-state index contributed by atoms with van der Waals surface area (Å²) in [6.45, 7) is 0. The lowest BCUT2D eigenvalue weighted by molar-refractivity contribution is -0.115. The van der Waals surface area contributed by atoms with E-state index in [-0.39, 0.29) is 5.91 Å². The van der Waals surface area contributed by atoms with Crippen molar-refractivity contribution in [1.29, 1.82) is 0 Å². The molecule has 0 aromatic carbocycles. The van der Waals surface area contributed by atoms with Gasteiger partial charge in [-0.1, -0.05) is 30.0 Å². The first-order chi connectivity index (χ1) is 6.25. The predicted octanol–water partition coefficient (Wildman–Crippen LogP) is 2.24. The quantitative estimate of drug-likeness (QED) is 0.589. The van der Waals surface area contributed by atoms with E-state index in [1.807, 2.05) is 23.6 Å². The number of thioether (sulfide) groups is 1. The van der Waals surface area contributed by atoms with Gasteiger partial charge in [0, 0.05) is 4.88 Å². The second kappa shape index (κ2) is 3.61. The van der Waals surface area contributed by atoms with Crippen LogP contribution in [0.25, 0.3) is 6.08 Å². The lowest BCUT2D eigenvalue weighted by Crippen LogP contribution is -2.17. The average molecular weight is 227 g/mol. The molecule has 2 heterocycles. The zero-order valence-electron chi connectivity index (χ0n) is 6.44. The van der Waals surface area contributed by atoms with Gasteiger partial charge in [-0.3, -0.25) is 4.79 Å². The van der Waals surface area contributed by atoms with Gasteiger partial charge in [0.15, 0.2) is 0 Å². The summed E-state index contributed by atoms with van der Waals surface area (Å²) in [5, 5.41) is 4.55. The van der Waals surface area contributed by atoms with Crippen LogP contribution in [0.15, 0.2) is 22.4 Å². The Kier molecular flexibility index (Phi) is 2.48. The minimum absolute atomic E-state index is 0.0941. The molecule has 0 radical (unpaired) electrons. The molecule has 5 heteroatoms. The summed E-state index contributed by atoms with van der Waals surface area (Å²) in [5.74, 6) is -0.0941. The van der Waals surface area contributed by atoms with Crippen LogP contribution in [0.1, 0.15) is 4.88 Å². The summed E-state index contributed by atoms with van der Waals surface area (Å²) >= 11 is 7.77. The molecular formula is C8H5NOS3. The van der Waals surface area contributed by atoms with E-state index in [2.05, 4.69) is 5.32 Å². The first-order valence-corrected chi connectivity index (χ1v) is 5.64. The van der Waals surface area contributed by atoms with Crippen LogP contribution in [0.5, 0.6) is 0 Å².